The van der Waals surface area contributed by atoms with E-state index in [2.05, 4.69) is 0 Å². The van der Waals surface area contributed by atoms with Gasteiger partial charge in [0.25, 0.3) is 0 Å². The Morgan fingerprint density at radius 2 is 1.68 bits per heavy atom. The quantitative estimate of drug-likeness (QED) is 0.572. The second-order valence-electron chi connectivity index (χ2n) is 5.47. The summed E-state index contributed by atoms with van der Waals surface area (Å²) in [6, 6.07) is 5.31. The first-order chi connectivity index (χ1) is 10.3. The van der Waals surface area contributed by atoms with E-state index in [1.54, 1.807) is 46.3 Å². The highest BCUT2D eigenvalue weighted by molar-refractivity contribution is 5.98. The highest BCUT2D eigenvalue weighted by atomic mass is 16.5. The van der Waals surface area contributed by atoms with Crippen molar-refractivity contribution in [2.24, 2.45) is 5.92 Å². The number of Topliss-reactive ketones (excluding diaryl/α,β-unsaturated/α-hetero) is 1. The molecule has 122 valence electrons. The first kappa shape index (κ1) is 18.0. The number of rotatable bonds is 7. The van der Waals surface area contributed by atoms with Gasteiger partial charge in [-0.15, -0.1) is 0 Å². The van der Waals surface area contributed by atoms with Crippen molar-refractivity contribution >= 4 is 11.8 Å². The van der Waals surface area contributed by atoms with Crippen LogP contribution in [0.3, 0.4) is 0 Å². The minimum atomic E-state index is -0.872. The summed E-state index contributed by atoms with van der Waals surface area (Å²) in [7, 11) is 3.11. The molecule has 0 amide bonds. The van der Waals surface area contributed by atoms with Crippen LogP contribution in [0.2, 0.25) is 0 Å². The molecule has 5 nitrogen and oxygen atoms in total. The minimum absolute atomic E-state index is 0.233. The van der Waals surface area contributed by atoms with E-state index in [4.69, 9.17) is 14.2 Å². The van der Waals surface area contributed by atoms with Gasteiger partial charge in [0.2, 0.25) is 0 Å². The molecule has 0 fully saturated rings. The molecule has 5 heteroatoms. The molecule has 0 aliphatic carbocycles. The van der Waals surface area contributed by atoms with Gasteiger partial charge in [0.05, 0.1) is 20.3 Å². The van der Waals surface area contributed by atoms with Gasteiger partial charge in [0.15, 0.2) is 0 Å². The van der Waals surface area contributed by atoms with E-state index in [-0.39, 0.29) is 17.8 Å². The Balaban J connectivity index is 3.21. The standard InChI is InChI=1S/C17H24O5/c1-10(2)22-17(19)16(12(4)18)11(3)14-9-13(20-5)7-8-15(14)21-6/h7-11,16H,1-6H3. The molecule has 0 bridgehead atoms. The second-order valence-corrected chi connectivity index (χ2v) is 5.47. The van der Waals surface area contributed by atoms with Gasteiger partial charge in [-0.3, -0.25) is 9.59 Å². The van der Waals surface area contributed by atoms with Crippen LogP contribution in [0.5, 0.6) is 11.5 Å². The van der Waals surface area contributed by atoms with E-state index in [0.29, 0.717) is 11.5 Å². The van der Waals surface area contributed by atoms with Gasteiger partial charge in [-0.1, -0.05) is 6.92 Å². The number of ether oxygens (including phenoxy) is 3. The zero-order chi connectivity index (χ0) is 16.9. The lowest BCUT2D eigenvalue weighted by molar-refractivity contribution is -0.155. The van der Waals surface area contributed by atoms with E-state index in [1.165, 1.54) is 6.92 Å². The summed E-state index contributed by atoms with van der Waals surface area (Å²) in [5, 5.41) is 0. The van der Waals surface area contributed by atoms with Crippen molar-refractivity contribution in [3.8, 4) is 11.5 Å². The molecule has 0 N–H and O–H groups in total. The summed E-state index contributed by atoms with van der Waals surface area (Å²) in [6.07, 6.45) is -0.270. The normalized spacial score (nSPS) is 13.4. The smallest absolute Gasteiger partial charge is 0.317 e. The van der Waals surface area contributed by atoms with Crippen LogP contribution in [-0.4, -0.2) is 32.1 Å². The van der Waals surface area contributed by atoms with Gasteiger partial charge in [0.1, 0.15) is 23.2 Å². The number of benzene rings is 1. The molecule has 0 heterocycles. The van der Waals surface area contributed by atoms with E-state index < -0.39 is 11.9 Å². The summed E-state index contributed by atoms with van der Waals surface area (Å²) in [5.41, 5.74) is 0.739. The first-order valence-electron chi connectivity index (χ1n) is 7.24. The number of methoxy groups -OCH3 is 2. The molecule has 0 saturated carbocycles. The Hall–Kier alpha value is -2.04. The van der Waals surface area contributed by atoms with Crippen LogP contribution in [0.4, 0.5) is 0 Å². The molecular formula is C17H24O5. The molecule has 1 rings (SSSR count). The van der Waals surface area contributed by atoms with Crippen LogP contribution < -0.4 is 9.47 Å². The number of esters is 1. The zero-order valence-electron chi connectivity index (χ0n) is 14.0. The van der Waals surface area contributed by atoms with Crippen LogP contribution in [0.25, 0.3) is 0 Å². The summed E-state index contributed by atoms with van der Waals surface area (Å²) < 4.78 is 15.8. The lowest BCUT2D eigenvalue weighted by Crippen LogP contribution is -2.31. The molecule has 2 atom stereocenters. The molecule has 0 aromatic heterocycles. The van der Waals surface area contributed by atoms with Crippen LogP contribution in [0, 0.1) is 5.92 Å². The Morgan fingerprint density at radius 1 is 1.05 bits per heavy atom. The van der Waals surface area contributed by atoms with Gasteiger partial charge in [0, 0.05) is 11.5 Å². The van der Waals surface area contributed by atoms with Crippen molar-refractivity contribution in [3.63, 3.8) is 0 Å². The van der Waals surface area contributed by atoms with Crippen molar-refractivity contribution in [2.45, 2.75) is 39.7 Å². The topological polar surface area (TPSA) is 61.8 Å². The largest absolute Gasteiger partial charge is 0.497 e. The highest BCUT2D eigenvalue weighted by Crippen LogP contribution is 2.35. The number of carbonyl (C=O) groups is 2. The van der Waals surface area contributed by atoms with Crippen molar-refractivity contribution < 1.29 is 23.8 Å². The van der Waals surface area contributed by atoms with E-state index in [0.717, 1.165) is 5.56 Å². The molecule has 2 unspecified atom stereocenters. The first-order valence-corrected chi connectivity index (χ1v) is 7.24. The van der Waals surface area contributed by atoms with Gasteiger partial charge in [-0.25, -0.2) is 0 Å². The predicted octanol–water partition coefficient (Wildman–Crippen LogP) is 2.96. The summed E-state index contributed by atoms with van der Waals surface area (Å²) in [5.74, 6) is -0.751. The Kier molecular flexibility index (Phi) is 6.40. The maximum Gasteiger partial charge on any atom is 0.317 e. The van der Waals surface area contributed by atoms with E-state index >= 15 is 0 Å². The Bertz CT molecular complexity index is 536. The SMILES string of the molecule is COc1ccc(OC)c(C(C)C(C(C)=O)C(=O)OC(C)C)c1. The van der Waals surface area contributed by atoms with Gasteiger partial charge >= 0.3 is 5.97 Å². The minimum Gasteiger partial charge on any atom is -0.497 e. The second kappa shape index (κ2) is 7.82. The van der Waals surface area contributed by atoms with Gasteiger partial charge in [-0.2, -0.15) is 0 Å². The highest BCUT2D eigenvalue weighted by Gasteiger charge is 2.34. The van der Waals surface area contributed by atoms with Crippen LogP contribution >= 0.6 is 0 Å². The Morgan fingerprint density at radius 3 is 2.14 bits per heavy atom. The monoisotopic (exact) mass is 308 g/mol. The lowest BCUT2D eigenvalue weighted by Gasteiger charge is -2.23. The molecule has 0 aliphatic heterocycles. The van der Waals surface area contributed by atoms with Crippen molar-refractivity contribution in [1.29, 1.82) is 0 Å². The van der Waals surface area contributed by atoms with Gasteiger partial charge in [-0.05, 0) is 39.0 Å². The molecule has 1 aromatic rings. The summed E-state index contributed by atoms with van der Waals surface area (Å²) in [6.45, 7) is 6.72. The fourth-order valence-electron chi connectivity index (χ4n) is 2.40. The number of ketones is 1. The molecule has 0 saturated heterocycles. The molecular weight excluding hydrogens is 284 g/mol. The average Bonchev–Trinajstić information content (AvgIpc) is 2.45. The van der Waals surface area contributed by atoms with E-state index in [9.17, 15) is 9.59 Å². The van der Waals surface area contributed by atoms with E-state index in [1.807, 2.05) is 6.92 Å². The van der Waals surface area contributed by atoms with Crippen LogP contribution in [0.1, 0.15) is 39.2 Å². The summed E-state index contributed by atoms with van der Waals surface area (Å²) >= 11 is 0. The number of carbonyl (C=O) groups excluding carboxylic acids is 2. The third kappa shape index (κ3) is 4.23. The van der Waals surface area contributed by atoms with Crippen molar-refractivity contribution in [2.75, 3.05) is 14.2 Å². The lowest BCUT2D eigenvalue weighted by atomic mass is 9.84. The van der Waals surface area contributed by atoms with Crippen molar-refractivity contribution in [1.82, 2.24) is 0 Å². The predicted molar refractivity (Wildman–Crippen MR) is 83.4 cm³/mol. The third-order valence-corrected chi connectivity index (χ3v) is 3.47. The van der Waals surface area contributed by atoms with Crippen LogP contribution in [0.15, 0.2) is 18.2 Å². The number of hydrogen-bond donors (Lipinski definition) is 0. The van der Waals surface area contributed by atoms with Crippen molar-refractivity contribution in [3.05, 3.63) is 23.8 Å². The van der Waals surface area contributed by atoms with Crippen LogP contribution in [-0.2, 0) is 14.3 Å². The number of hydrogen-bond acceptors (Lipinski definition) is 5. The Labute approximate surface area is 131 Å². The average molecular weight is 308 g/mol. The molecule has 1 aromatic carbocycles. The molecule has 0 radical (unpaired) electrons. The summed E-state index contributed by atoms with van der Waals surface area (Å²) in [4.78, 5) is 24.2. The molecule has 0 spiro atoms. The third-order valence-electron chi connectivity index (χ3n) is 3.47. The molecule has 0 aliphatic rings. The zero-order valence-corrected chi connectivity index (χ0v) is 14.0. The molecule has 22 heavy (non-hydrogen) atoms. The maximum absolute atomic E-state index is 12.2. The van der Waals surface area contributed by atoms with Gasteiger partial charge < -0.3 is 14.2 Å². The fourth-order valence-corrected chi connectivity index (χ4v) is 2.40. The maximum atomic E-state index is 12.2. The fraction of sp³-hybridized carbons (Fsp3) is 0.529.